The molecule has 0 amide bonds. The van der Waals surface area contributed by atoms with Gasteiger partial charge in [0, 0.05) is 25.6 Å². The molecule has 0 aromatic rings. The van der Waals surface area contributed by atoms with E-state index < -0.39 is 9.52 Å². The molecule has 0 atom stereocenters. The normalized spacial score (nSPS) is 11.6. The van der Waals surface area contributed by atoms with Crippen LogP contribution >= 0.6 is 0 Å². The first-order valence-electron chi connectivity index (χ1n) is 3.88. The summed E-state index contributed by atoms with van der Waals surface area (Å²) in [7, 11) is 2.72. The summed E-state index contributed by atoms with van der Waals surface area (Å²) in [6.45, 7) is 0.0626. The van der Waals surface area contributed by atoms with Gasteiger partial charge in [-0.05, 0) is 0 Å². The number of methoxy groups -OCH3 is 2. The predicted octanol–water partition coefficient (Wildman–Crippen LogP) is -0.183. The van der Waals surface area contributed by atoms with Crippen LogP contribution < -0.4 is 0 Å². The second kappa shape index (κ2) is 7.20. The number of nitro groups is 1. The van der Waals surface area contributed by atoms with Crippen molar-refractivity contribution in [3.05, 3.63) is 10.1 Å². The van der Waals surface area contributed by atoms with E-state index in [1.165, 1.54) is 0 Å². The van der Waals surface area contributed by atoms with E-state index in [4.69, 9.17) is 9.47 Å². The summed E-state index contributed by atoms with van der Waals surface area (Å²) in [4.78, 5) is 9.65. The second-order valence-electron chi connectivity index (χ2n) is 2.45. The van der Waals surface area contributed by atoms with Crippen LogP contribution in [0.5, 0.6) is 0 Å². The average Bonchev–Trinajstić information content (AvgIpc) is 2.04. The molecule has 0 heterocycles. The quantitative estimate of drug-likeness (QED) is 0.185. The predicted molar refractivity (Wildman–Crippen MR) is 47.6 cm³/mol. The van der Waals surface area contributed by atoms with Crippen molar-refractivity contribution in [3.8, 4) is 0 Å². The van der Waals surface area contributed by atoms with Crippen molar-refractivity contribution in [1.82, 2.24) is 0 Å². The molecule has 72 valence electrons. The molecule has 0 saturated carbocycles. The molecular formula is C6H15NO4Si. The van der Waals surface area contributed by atoms with Gasteiger partial charge in [0.25, 0.3) is 0 Å². The number of hydrogen-bond donors (Lipinski definition) is 0. The van der Waals surface area contributed by atoms with Crippen molar-refractivity contribution in [3.63, 3.8) is 0 Å². The Labute approximate surface area is 74.0 Å². The third-order valence-corrected chi connectivity index (χ3v) is 3.60. The van der Waals surface area contributed by atoms with E-state index in [9.17, 15) is 10.1 Å². The minimum Gasteiger partial charge on any atom is -0.360 e. The van der Waals surface area contributed by atoms with Crippen LogP contribution in [0.3, 0.4) is 0 Å². The molecule has 0 bridgehead atoms. The summed E-state index contributed by atoms with van der Waals surface area (Å²) < 4.78 is 9.95. The Bertz CT molecular complexity index is 129. The Kier molecular flexibility index (Phi) is 6.92. The fourth-order valence-electron chi connectivity index (χ4n) is 0.884. The van der Waals surface area contributed by atoms with Gasteiger partial charge in [-0.2, -0.15) is 0 Å². The fraction of sp³-hybridized carbons (Fsp3) is 1.00. The highest BCUT2D eigenvalue weighted by Crippen LogP contribution is 1.96. The lowest BCUT2D eigenvalue weighted by atomic mass is 10.5. The number of rotatable bonds is 7. The highest BCUT2D eigenvalue weighted by Gasteiger charge is 2.06. The summed E-state index contributed by atoms with van der Waals surface area (Å²) in [6, 6.07) is 0.896. The molecule has 0 aliphatic rings. The minimum atomic E-state index is -0.467. The van der Waals surface area contributed by atoms with Crippen molar-refractivity contribution >= 4 is 9.52 Å². The van der Waals surface area contributed by atoms with Crippen LogP contribution in [0.15, 0.2) is 0 Å². The van der Waals surface area contributed by atoms with Crippen LogP contribution in [0, 0.1) is 10.1 Å². The molecule has 0 N–H and O–H groups in total. The third kappa shape index (κ3) is 6.26. The number of nitrogens with zero attached hydrogens (tertiary/aromatic N) is 1. The van der Waals surface area contributed by atoms with Gasteiger partial charge in [-0.3, -0.25) is 10.1 Å². The number of hydrogen-bond acceptors (Lipinski definition) is 4. The van der Waals surface area contributed by atoms with Gasteiger partial charge in [-0.1, -0.05) is 6.04 Å². The number of ether oxygens (including phenoxy) is 2. The van der Waals surface area contributed by atoms with Crippen LogP contribution in [0.4, 0.5) is 0 Å². The van der Waals surface area contributed by atoms with E-state index in [0.717, 1.165) is 6.04 Å². The first-order valence-corrected chi connectivity index (χ1v) is 5.69. The summed E-state index contributed by atoms with van der Waals surface area (Å²) in [6.07, 6.45) is 0.641. The lowest BCUT2D eigenvalue weighted by Gasteiger charge is -2.11. The Morgan fingerprint density at radius 3 is 2.50 bits per heavy atom. The van der Waals surface area contributed by atoms with Gasteiger partial charge in [0.1, 0.15) is 5.91 Å². The Morgan fingerprint density at radius 2 is 2.08 bits per heavy atom. The smallest absolute Gasteiger partial charge is 0.203 e. The van der Waals surface area contributed by atoms with Gasteiger partial charge in [0.15, 0.2) is 0 Å². The summed E-state index contributed by atoms with van der Waals surface area (Å²) in [5, 5.41) is 9.94. The molecule has 0 rings (SSSR count). The topological polar surface area (TPSA) is 61.6 Å². The van der Waals surface area contributed by atoms with Gasteiger partial charge in [0.2, 0.25) is 6.54 Å². The first kappa shape index (κ1) is 11.5. The Balaban J connectivity index is 3.23. The lowest BCUT2D eigenvalue weighted by Crippen LogP contribution is -2.21. The first-order chi connectivity index (χ1) is 5.70. The molecule has 0 spiro atoms. The van der Waals surface area contributed by atoms with Crippen molar-refractivity contribution in [2.75, 3.05) is 20.8 Å². The SMILES string of the molecule is COC(OC)[SiH2]CCC[N+](=O)[O-]. The van der Waals surface area contributed by atoms with E-state index in [1.807, 2.05) is 0 Å². The molecule has 0 aliphatic heterocycles. The maximum Gasteiger partial charge on any atom is 0.203 e. The van der Waals surface area contributed by atoms with Crippen molar-refractivity contribution in [2.24, 2.45) is 0 Å². The van der Waals surface area contributed by atoms with Gasteiger partial charge in [-0.15, -0.1) is 0 Å². The maximum atomic E-state index is 9.94. The highest BCUT2D eigenvalue weighted by atomic mass is 28.2. The van der Waals surface area contributed by atoms with Crippen LogP contribution in [-0.4, -0.2) is 41.1 Å². The van der Waals surface area contributed by atoms with Gasteiger partial charge in [-0.25, -0.2) is 0 Å². The van der Waals surface area contributed by atoms with Crippen LogP contribution in [-0.2, 0) is 9.47 Å². The van der Waals surface area contributed by atoms with E-state index in [-0.39, 0.29) is 17.4 Å². The largest absolute Gasteiger partial charge is 0.360 e. The second-order valence-corrected chi connectivity index (χ2v) is 4.40. The molecular weight excluding hydrogens is 178 g/mol. The minimum absolute atomic E-state index is 0.0626. The van der Waals surface area contributed by atoms with Gasteiger partial charge >= 0.3 is 0 Å². The van der Waals surface area contributed by atoms with Gasteiger partial charge in [0.05, 0.1) is 9.52 Å². The molecule has 0 unspecified atom stereocenters. The van der Waals surface area contributed by atoms with E-state index in [1.54, 1.807) is 14.2 Å². The van der Waals surface area contributed by atoms with Gasteiger partial charge < -0.3 is 9.47 Å². The highest BCUT2D eigenvalue weighted by molar-refractivity contribution is 6.36. The lowest BCUT2D eigenvalue weighted by molar-refractivity contribution is -0.479. The average molecular weight is 193 g/mol. The maximum absolute atomic E-state index is 9.94. The Hall–Kier alpha value is -0.463. The van der Waals surface area contributed by atoms with Crippen molar-refractivity contribution in [1.29, 1.82) is 0 Å². The molecule has 0 aromatic heterocycles. The summed E-state index contributed by atoms with van der Waals surface area (Å²) in [5.74, 6) is -0.0863. The Morgan fingerprint density at radius 1 is 1.50 bits per heavy atom. The van der Waals surface area contributed by atoms with Crippen LogP contribution in [0.25, 0.3) is 0 Å². The van der Waals surface area contributed by atoms with E-state index in [2.05, 4.69) is 0 Å². The molecule has 12 heavy (non-hydrogen) atoms. The van der Waals surface area contributed by atoms with Crippen molar-refractivity contribution in [2.45, 2.75) is 18.4 Å². The standard InChI is InChI=1S/C6H15NO4Si/c1-10-6(11-2)12-5-3-4-7(8)9/h6H,3-5,12H2,1-2H3. The van der Waals surface area contributed by atoms with Crippen LogP contribution in [0.2, 0.25) is 6.04 Å². The molecule has 0 fully saturated rings. The molecule has 5 nitrogen and oxygen atoms in total. The fourth-order valence-corrected chi connectivity index (χ4v) is 2.20. The zero-order valence-corrected chi connectivity index (χ0v) is 8.90. The van der Waals surface area contributed by atoms with E-state index >= 15 is 0 Å². The monoisotopic (exact) mass is 193 g/mol. The molecule has 6 heteroatoms. The van der Waals surface area contributed by atoms with Crippen LogP contribution in [0.1, 0.15) is 6.42 Å². The summed E-state index contributed by atoms with van der Waals surface area (Å²) in [5.41, 5.74) is 0. The van der Waals surface area contributed by atoms with E-state index in [0.29, 0.717) is 6.42 Å². The summed E-state index contributed by atoms with van der Waals surface area (Å²) >= 11 is 0. The molecule has 0 aliphatic carbocycles. The third-order valence-electron chi connectivity index (χ3n) is 1.56. The zero-order valence-electron chi connectivity index (χ0n) is 7.49. The molecule has 0 radical (unpaired) electrons. The van der Waals surface area contributed by atoms with Crippen molar-refractivity contribution < 1.29 is 14.4 Å². The zero-order chi connectivity index (χ0) is 9.40. The molecule has 0 aromatic carbocycles. The molecule has 0 saturated heterocycles.